The maximum Gasteiger partial charge on any atom is 0.224 e. The largest absolute Gasteiger partial charge is 0.353 e. The van der Waals surface area contributed by atoms with Crippen molar-refractivity contribution in [3.8, 4) is 11.4 Å². The number of benzene rings is 2. The van der Waals surface area contributed by atoms with Gasteiger partial charge in [-0.1, -0.05) is 42.8 Å². The number of fused-ring (bicyclic) bond motifs is 1. The Morgan fingerprint density at radius 3 is 2.42 bits per heavy atom. The Kier molecular flexibility index (Phi) is 7.46. The van der Waals surface area contributed by atoms with Gasteiger partial charge in [-0.3, -0.25) is 4.79 Å². The number of carbonyl (C=O) groups is 1. The molecule has 0 bridgehead atoms. The second kappa shape index (κ2) is 10.5. The molecule has 0 saturated carbocycles. The number of amides is 1. The van der Waals surface area contributed by atoms with Gasteiger partial charge < -0.3 is 14.7 Å². The van der Waals surface area contributed by atoms with E-state index in [9.17, 15) is 4.79 Å². The van der Waals surface area contributed by atoms with Crippen molar-refractivity contribution >= 4 is 34.2 Å². The first-order chi connectivity index (χ1) is 16.0. The summed E-state index contributed by atoms with van der Waals surface area (Å²) in [6, 6.07) is 15.8. The van der Waals surface area contributed by atoms with E-state index >= 15 is 0 Å². The minimum atomic E-state index is 0.173. The average molecular weight is 466 g/mol. The first kappa shape index (κ1) is 23.5. The van der Waals surface area contributed by atoms with Crippen molar-refractivity contribution in [1.82, 2.24) is 19.8 Å². The summed E-state index contributed by atoms with van der Waals surface area (Å²) >= 11 is 6.47. The first-order valence-corrected chi connectivity index (χ1v) is 12.1. The van der Waals surface area contributed by atoms with Crippen LogP contribution >= 0.6 is 11.6 Å². The molecule has 1 aliphatic rings. The third-order valence-electron chi connectivity index (χ3n) is 6.33. The maximum absolute atomic E-state index is 13.0. The van der Waals surface area contributed by atoms with Crippen molar-refractivity contribution in [2.45, 2.75) is 33.2 Å². The maximum atomic E-state index is 13.0. The molecule has 0 unspecified atom stereocenters. The molecule has 2 heterocycles. The van der Waals surface area contributed by atoms with Crippen LogP contribution in [0.25, 0.3) is 22.3 Å². The molecule has 0 spiro atoms. The van der Waals surface area contributed by atoms with Crippen LogP contribution in [0, 0.1) is 0 Å². The lowest BCUT2D eigenvalue weighted by Gasteiger charge is -2.35. The molecule has 4 rings (SSSR count). The smallest absolute Gasteiger partial charge is 0.224 e. The summed E-state index contributed by atoms with van der Waals surface area (Å²) in [6.07, 6.45) is 0.462. The van der Waals surface area contributed by atoms with Crippen LogP contribution in [0.15, 0.2) is 48.5 Å². The summed E-state index contributed by atoms with van der Waals surface area (Å²) in [7, 11) is 0. The molecule has 6 nitrogen and oxygen atoms in total. The SMILES string of the molecule is CCN1CCN(C(=O)CCN(c2nc(-c3ccccc3Cl)nc3ccccc23)C(C)C)CC1. The predicted octanol–water partition coefficient (Wildman–Crippen LogP) is 4.72. The molecule has 1 fully saturated rings. The fourth-order valence-electron chi connectivity index (χ4n) is 4.34. The molecule has 0 atom stereocenters. The molecular weight excluding hydrogens is 434 g/mol. The molecule has 174 valence electrons. The molecule has 1 amide bonds. The number of anilines is 1. The lowest BCUT2D eigenvalue weighted by Crippen LogP contribution is -2.49. The molecule has 0 radical (unpaired) electrons. The van der Waals surface area contributed by atoms with Crippen LogP contribution in [0.2, 0.25) is 5.02 Å². The minimum Gasteiger partial charge on any atom is -0.353 e. The fourth-order valence-corrected chi connectivity index (χ4v) is 4.56. The van der Waals surface area contributed by atoms with Crippen LogP contribution in [0.4, 0.5) is 5.82 Å². The highest BCUT2D eigenvalue weighted by atomic mass is 35.5. The van der Waals surface area contributed by atoms with E-state index in [-0.39, 0.29) is 11.9 Å². The number of carbonyl (C=O) groups excluding carboxylic acids is 1. The van der Waals surface area contributed by atoms with Crippen LogP contribution in [0.1, 0.15) is 27.2 Å². The van der Waals surface area contributed by atoms with Crippen molar-refractivity contribution < 1.29 is 4.79 Å². The van der Waals surface area contributed by atoms with Crippen LogP contribution in [-0.2, 0) is 4.79 Å². The summed E-state index contributed by atoms with van der Waals surface area (Å²) in [5, 5.41) is 1.60. The van der Waals surface area contributed by atoms with E-state index in [1.807, 2.05) is 53.4 Å². The van der Waals surface area contributed by atoms with Gasteiger partial charge >= 0.3 is 0 Å². The number of hydrogen-bond acceptors (Lipinski definition) is 5. The van der Waals surface area contributed by atoms with Gasteiger partial charge in [0.15, 0.2) is 5.82 Å². The number of hydrogen-bond donors (Lipinski definition) is 0. The Hall–Kier alpha value is -2.70. The standard InChI is InChI=1S/C26H32ClN5O/c1-4-30-15-17-31(18-16-30)24(33)13-14-32(19(2)3)26-21-10-6-8-12-23(21)28-25(29-26)20-9-5-7-11-22(20)27/h5-12,19H,4,13-18H2,1-3H3. The van der Waals surface area contributed by atoms with Crippen molar-refractivity contribution in [2.24, 2.45) is 0 Å². The zero-order valence-corrected chi connectivity index (χ0v) is 20.4. The fraction of sp³-hybridized carbons (Fsp3) is 0.423. The molecule has 1 aliphatic heterocycles. The minimum absolute atomic E-state index is 0.173. The second-order valence-corrected chi connectivity index (χ2v) is 9.13. The number of piperazine rings is 1. The average Bonchev–Trinajstić information content (AvgIpc) is 2.84. The van der Waals surface area contributed by atoms with E-state index in [0.29, 0.717) is 23.8 Å². The molecule has 1 saturated heterocycles. The number of para-hydroxylation sites is 1. The summed E-state index contributed by atoms with van der Waals surface area (Å²) in [6.45, 7) is 11.6. The molecule has 0 aliphatic carbocycles. The Morgan fingerprint density at radius 1 is 1.03 bits per heavy atom. The number of nitrogens with zero attached hydrogens (tertiary/aromatic N) is 5. The predicted molar refractivity (Wildman–Crippen MR) is 136 cm³/mol. The van der Waals surface area contributed by atoms with Crippen molar-refractivity contribution in [3.63, 3.8) is 0 Å². The summed E-state index contributed by atoms with van der Waals surface area (Å²) in [5.74, 6) is 1.65. The summed E-state index contributed by atoms with van der Waals surface area (Å²) < 4.78 is 0. The summed E-state index contributed by atoms with van der Waals surface area (Å²) in [4.78, 5) is 29.3. The highest BCUT2D eigenvalue weighted by molar-refractivity contribution is 6.33. The molecule has 7 heteroatoms. The van der Waals surface area contributed by atoms with Gasteiger partial charge in [0.25, 0.3) is 0 Å². The van der Waals surface area contributed by atoms with Crippen molar-refractivity contribution in [2.75, 3.05) is 44.2 Å². The van der Waals surface area contributed by atoms with E-state index in [2.05, 4.69) is 30.6 Å². The van der Waals surface area contributed by atoms with Gasteiger partial charge in [0.2, 0.25) is 5.91 Å². The van der Waals surface area contributed by atoms with E-state index in [1.54, 1.807) is 0 Å². The second-order valence-electron chi connectivity index (χ2n) is 8.72. The Morgan fingerprint density at radius 2 is 1.73 bits per heavy atom. The molecule has 1 aromatic heterocycles. The highest BCUT2D eigenvalue weighted by Crippen LogP contribution is 2.31. The Bertz CT molecular complexity index is 1110. The van der Waals surface area contributed by atoms with Gasteiger partial charge in [0, 0.05) is 56.1 Å². The van der Waals surface area contributed by atoms with Gasteiger partial charge in [0.05, 0.1) is 10.5 Å². The molecule has 3 aromatic rings. The number of halogens is 1. The van der Waals surface area contributed by atoms with Gasteiger partial charge in [-0.25, -0.2) is 9.97 Å². The van der Waals surface area contributed by atoms with Crippen LogP contribution < -0.4 is 4.90 Å². The zero-order valence-electron chi connectivity index (χ0n) is 19.7. The number of rotatable bonds is 7. The van der Waals surface area contributed by atoms with Gasteiger partial charge in [-0.2, -0.15) is 0 Å². The zero-order chi connectivity index (χ0) is 23.4. The highest BCUT2D eigenvalue weighted by Gasteiger charge is 2.23. The molecule has 33 heavy (non-hydrogen) atoms. The molecular formula is C26H32ClN5O. The van der Waals surface area contributed by atoms with E-state index < -0.39 is 0 Å². The molecule has 2 aromatic carbocycles. The Labute approximate surface area is 201 Å². The third-order valence-corrected chi connectivity index (χ3v) is 6.66. The lowest BCUT2D eigenvalue weighted by molar-refractivity contribution is -0.132. The monoisotopic (exact) mass is 465 g/mol. The van der Waals surface area contributed by atoms with E-state index in [1.165, 1.54) is 0 Å². The van der Waals surface area contributed by atoms with Gasteiger partial charge in [-0.15, -0.1) is 0 Å². The van der Waals surface area contributed by atoms with Crippen LogP contribution in [0.5, 0.6) is 0 Å². The van der Waals surface area contributed by atoms with Crippen LogP contribution in [-0.4, -0.2) is 71.0 Å². The van der Waals surface area contributed by atoms with Crippen molar-refractivity contribution in [1.29, 1.82) is 0 Å². The van der Waals surface area contributed by atoms with Gasteiger partial charge in [-0.05, 0) is 44.7 Å². The van der Waals surface area contributed by atoms with Crippen LogP contribution in [0.3, 0.4) is 0 Å². The van der Waals surface area contributed by atoms with E-state index in [4.69, 9.17) is 21.6 Å². The van der Waals surface area contributed by atoms with E-state index in [0.717, 1.165) is 55.0 Å². The number of aromatic nitrogens is 2. The quantitative estimate of drug-likeness (QED) is 0.505. The number of likely N-dealkylation sites (N-methyl/N-ethyl adjacent to an activating group) is 1. The Balaban J connectivity index is 1.62. The third kappa shape index (κ3) is 5.28. The summed E-state index contributed by atoms with van der Waals surface area (Å²) in [5.41, 5.74) is 1.67. The van der Waals surface area contributed by atoms with Gasteiger partial charge in [0.1, 0.15) is 5.82 Å². The topological polar surface area (TPSA) is 52.6 Å². The first-order valence-electron chi connectivity index (χ1n) is 11.8. The molecule has 0 N–H and O–H groups in total. The lowest BCUT2D eigenvalue weighted by atomic mass is 10.1. The normalized spacial score (nSPS) is 14.8. The van der Waals surface area contributed by atoms with Crippen molar-refractivity contribution in [3.05, 3.63) is 53.6 Å².